The van der Waals surface area contributed by atoms with Gasteiger partial charge in [-0.15, -0.1) is 11.3 Å². The Kier molecular flexibility index (Phi) is 6.81. The summed E-state index contributed by atoms with van der Waals surface area (Å²) < 4.78 is 6.44. The van der Waals surface area contributed by atoms with Crippen LogP contribution in [0.3, 0.4) is 0 Å². The van der Waals surface area contributed by atoms with E-state index in [4.69, 9.17) is 4.74 Å². The Labute approximate surface area is 128 Å². The molecule has 1 saturated heterocycles. The highest BCUT2D eigenvalue weighted by Gasteiger charge is 2.17. The van der Waals surface area contributed by atoms with Gasteiger partial charge in [0.05, 0.1) is 6.61 Å². The lowest BCUT2D eigenvalue weighted by Crippen LogP contribution is -2.37. The fourth-order valence-corrected chi connectivity index (χ4v) is 4.03. The van der Waals surface area contributed by atoms with E-state index in [9.17, 15) is 0 Å². The second-order valence-corrected chi connectivity index (χ2v) is 7.06. The van der Waals surface area contributed by atoms with E-state index < -0.39 is 0 Å². The summed E-state index contributed by atoms with van der Waals surface area (Å²) >= 11 is 5.36. The van der Waals surface area contributed by atoms with Gasteiger partial charge in [-0.1, -0.05) is 0 Å². The highest BCUT2D eigenvalue weighted by Crippen LogP contribution is 2.22. The zero-order valence-electron chi connectivity index (χ0n) is 11.5. The largest absolute Gasteiger partial charge is 0.383 e. The van der Waals surface area contributed by atoms with Crippen LogP contribution in [0, 0.1) is 5.92 Å². The molecule has 0 aliphatic carbocycles. The van der Waals surface area contributed by atoms with Crippen LogP contribution in [0.5, 0.6) is 0 Å². The minimum atomic E-state index is 0.817. The molecule has 0 atom stereocenters. The van der Waals surface area contributed by atoms with Crippen LogP contribution < -0.4 is 5.32 Å². The summed E-state index contributed by atoms with van der Waals surface area (Å²) in [6.45, 7) is 6.43. The van der Waals surface area contributed by atoms with Gasteiger partial charge >= 0.3 is 0 Å². The maximum absolute atomic E-state index is 5.24. The van der Waals surface area contributed by atoms with Gasteiger partial charge < -0.3 is 10.1 Å². The summed E-state index contributed by atoms with van der Waals surface area (Å²) in [5, 5.41) is 5.60. The van der Waals surface area contributed by atoms with Crippen LogP contribution in [0.4, 0.5) is 0 Å². The minimum absolute atomic E-state index is 0.817. The number of nitrogens with zero attached hydrogens (tertiary/aromatic N) is 1. The van der Waals surface area contributed by atoms with Gasteiger partial charge in [-0.2, -0.15) is 0 Å². The van der Waals surface area contributed by atoms with Gasteiger partial charge in [0.25, 0.3) is 0 Å². The molecule has 1 fully saturated rings. The second kappa shape index (κ2) is 8.37. The van der Waals surface area contributed by atoms with E-state index in [0.717, 1.165) is 25.6 Å². The predicted molar refractivity (Wildman–Crippen MR) is 84.8 cm³/mol. The van der Waals surface area contributed by atoms with Crippen molar-refractivity contribution in [2.75, 3.05) is 39.9 Å². The lowest BCUT2D eigenvalue weighted by atomic mass is 9.97. The van der Waals surface area contributed by atoms with Crippen molar-refractivity contribution in [2.24, 2.45) is 5.92 Å². The summed E-state index contributed by atoms with van der Waals surface area (Å²) in [5.41, 5.74) is 0. The van der Waals surface area contributed by atoms with Crippen molar-refractivity contribution in [1.29, 1.82) is 0 Å². The van der Waals surface area contributed by atoms with Gasteiger partial charge in [-0.3, -0.25) is 4.90 Å². The van der Waals surface area contributed by atoms with Crippen molar-refractivity contribution >= 4 is 27.3 Å². The molecule has 5 heteroatoms. The van der Waals surface area contributed by atoms with Gasteiger partial charge in [0.2, 0.25) is 0 Å². The molecule has 0 bridgehead atoms. The lowest BCUT2D eigenvalue weighted by molar-refractivity contribution is 0.127. The first-order valence-electron chi connectivity index (χ1n) is 6.93. The first-order chi connectivity index (χ1) is 9.28. The van der Waals surface area contributed by atoms with Crippen molar-refractivity contribution in [3.8, 4) is 0 Å². The zero-order chi connectivity index (χ0) is 13.5. The van der Waals surface area contributed by atoms with Crippen molar-refractivity contribution in [3.63, 3.8) is 0 Å². The smallest absolute Gasteiger partial charge is 0.0589 e. The van der Waals surface area contributed by atoms with Crippen LogP contribution in [0.15, 0.2) is 15.9 Å². The third-order valence-electron chi connectivity index (χ3n) is 3.59. The normalized spacial score (nSPS) is 17.2. The van der Waals surface area contributed by atoms with Crippen molar-refractivity contribution in [2.45, 2.75) is 19.4 Å². The van der Waals surface area contributed by atoms with E-state index in [2.05, 4.69) is 37.6 Å². The quantitative estimate of drug-likeness (QED) is 0.821. The summed E-state index contributed by atoms with van der Waals surface area (Å²) in [6.07, 6.45) is 2.61. The highest BCUT2D eigenvalue weighted by atomic mass is 79.9. The average molecular weight is 347 g/mol. The van der Waals surface area contributed by atoms with E-state index in [1.807, 2.05) is 11.3 Å². The molecule has 1 aromatic rings. The van der Waals surface area contributed by atoms with Crippen LogP contribution in [0.1, 0.15) is 17.7 Å². The number of rotatable bonds is 7. The molecule has 1 N–H and O–H groups in total. The number of ether oxygens (including phenoxy) is 1. The first-order valence-corrected chi connectivity index (χ1v) is 8.60. The molecule has 2 rings (SSSR count). The number of piperidine rings is 1. The third-order valence-corrected chi connectivity index (χ3v) is 5.27. The Balaban J connectivity index is 1.86. The first kappa shape index (κ1) is 15.4. The highest BCUT2D eigenvalue weighted by molar-refractivity contribution is 9.10. The van der Waals surface area contributed by atoms with Crippen molar-refractivity contribution in [3.05, 3.63) is 20.8 Å². The Morgan fingerprint density at radius 2 is 2.26 bits per heavy atom. The molecule has 2 heterocycles. The molecule has 0 spiro atoms. The molecule has 0 unspecified atom stereocenters. The van der Waals surface area contributed by atoms with Gasteiger partial charge in [0.15, 0.2) is 0 Å². The molecule has 1 aliphatic heterocycles. The summed E-state index contributed by atoms with van der Waals surface area (Å²) in [7, 11) is 1.78. The van der Waals surface area contributed by atoms with Crippen LogP contribution in [0.25, 0.3) is 0 Å². The van der Waals surface area contributed by atoms with Gasteiger partial charge in [0.1, 0.15) is 0 Å². The number of methoxy groups -OCH3 is 1. The van der Waals surface area contributed by atoms with Gasteiger partial charge in [0, 0.05) is 41.5 Å². The van der Waals surface area contributed by atoms with E-state index in [-0.39, 0.29) is 0 Å². The predicted octanol–water partition coefficient (Wildman–Crippen LogP) is 2.96. The zero-order valence-corrected chi connectivity index (χ0v) is 13.9. The number of nitrogens with one attached hydrogen (secondary N) is 1. The molecule has 19 heavy (non-hydrogen) atoms. The van der Waals surface area contributed by atoms with Gasteiger partial charge in [-0.05, 0) is 53.8 Å². The summed E-state index contributed by atoms with van der Waals surface area (Å²) in [6, 6.07) is 2.23. The van der Waals surface area contributed by atoms with Crippen LogP contribution in [-0.4, -0.2) is 44.8 Å². The number of halogens is 1. The lowest BCUT2D eigenvalue weighted by Gasteiger charge is -2.29. The average Bonchev–Trinajstić information content (AvgIpc) is 2.82. The number of hydrogen-bond donors (Lipinski definition) is 1. The molecular formula is C14H23BrN2OS. The molecule has 1 aromatic heterocycles. The maximum Gasteiger partial charge on any atom is 0.0589 e. The van der Waals surface area contributed by atoms with E-state index in [1.54, 1.807) is 7.11 Å². The Morgan fingerprint density at radius 1 is 1.47 bits per heavy atom. The van der Waals surface area contributed by atoms with Crippen LogP contribution in [-0.2, 0) is 11.3 Å². The SMILES string of the molecule is COCCN(Cc1cc(Br)cs1)CC1CCNCC1. The fraction of sp³-hybridized carbons (Fsp3) is 0.714. The third kappa shape index (κ3) is 5.52. The molecular weight excluding hydrogens is 324 g/mol. The Hall–Kier alpha value is 0.0600. The minimum Gasteiger partial charge on any atom is -0.383 e. The molecule has 0 aromatic carbocycles. The number of hydrogen-bond acceptors (Lipinski definition) is 4. The summed E-state index contributed by atoms with van der Waals surface area (Å²) in [4.78, 5) is 3.97. The molecule has 0 saturated carbocycles. The van der Waals surface area contributed by atoms with Gasteiger partial charge in [-0.25, -0.2) is 0 Å². The van der Waals surface area contributed by atoms with Crippen molar-refractivity contribution < 1.29 is 4.74 Å². The molecule has 0 amide bonds. The number of thiophene rings is 1. The summed E-state index contributed by atoms with van der Waals surface area (Å²) in [5.74, 6) is 0.835. The topological polar surface area (TPSA) is 24.5 Å². The molecule has 0 radical (unpaired) electrons. The molecule has 108 valence electrons. The van der Waals surface area contributed by atoms with E-state index >= 15 is 0 Å². The van der Waals surface area contributed by atoms with Crippen LogP contribution in [0.2, 0.25) is 0 Å². The monoisotopic (exact) mass is 346 g/mol. The molecule has 3 nitrogen and oxygen atoms in total. The fourth-order valence-electron chi connectivity index (χ4n) is 2.54. The molecule has 1 aliphatic rings. The standard InChI is InChI=1S/C14H23BrN2OS/c1-18-7-6-17(9-12-2-4-16-5-3-12)10-14-8-13(15)11-19-14/h8,11-12,16H,2-7,9-10H2,1H3. The second-order valence-electron chi connectivity index (χ2n) is 5.15. The Morgan fingerprint density at radius 3 is 2.89 bits per heavy atom. The van der Waals surface area contributed by atoms with E-state index in [1.165, 1.54) is 41.8 Å². The van der Waals surface area contributed by atoms with E-state index in [0.29, 0.717) is 0 Å². The van der Waals surface area contributed by atoms with Crippen molar-refractivity contribution in [1.82, 2.24) is 10.2 Å². The van der Waals surface area contributed by atoms with Crippen LogP contribution >= 0.6 is 27.3 Å². The Bertz CT molecular complexity index is 366. The maximum atomic E-state index is 5.24.